The molecule has 1 unspecified atom stereocenters. The molecule has 1 aromatic carbocycles. The van der Waals surface area contributed by atoms with Gasteiger partial charge in [-0.1, -0.05) is 34.8 Å². The van der Waals surface area contributed by atoms with Gasteiger partial charge in [0.05, 0.1) is 21.3 Å². The molecule has 0 aliphatic carbocycles. The second kappa shape index (κ2) is 5.82. The number of carbonyl (C=O) groups is 1. The maximum absolute atomic E-state index is 12.0. The molecule has 2 aromatic rings. The summed E-state index contributed by atoms with van der Waals surface area (Å²) in [5, 5.41) is 8.02. The van der Waals surface area contributed by atoms with E-state index in [9.17, 15) is 4.79 Å². The van der Waals surface area contributed by atoms with Crippen LogP contribution in [0, 0.1) is 0 Å². The molecule has 0 fully saturated rings. The summed E-state index contributed by atoms with van der Waals surface area (Å²) in [4.78, 5) is 12.0. The van der Waals surface area contributed by atoms with Crippen LogP contribution < -0.4 is 5.32 Å². The molecule has 1 heterocycles. The van der Waals surface area contributed by atoms with E-state index < -0.39 is 6.04 Å². The Balaban J connectivity index is 2.10. The number of benzene rings is 1. The molecular weight excluding hydrogens is 309 g/mol. The van der Waals surface area contributed by atoms with Gasteiger partial charge in [0.15, 0.2) is 0 Å². The average molecular weight is 319 g/mol. The SMILES string of the molecule is CC(C(=O)Nc1ccc(Cl)c(Cl)c1)n1cc(Cl)cn1. The van der Waals surface area contributed by atoms with Gasteiger partial charge in [0, 0.05) is 11.9 Å². The highest BCUT2D eigenvalue weighted by molar-refractivity contribution is 6.42. The number of nitrogens with one attached hydrogen (secondary N) is 1. The van der Waals surface area contributed by atoms with Crippen LogP contribution in [-0.4, -0.2) is 15.7 Å². The number of amides is 1. The number of aromatic nitrogens is 2. The van der Waals surface area contributed by atoms with Crippen molar-refractivity contribution < 1.29 is 4.79 Å². The molecule has 19 heavy (non-hydrogen) atoms. The molecule has 0 aliphatic rings. The Morgan fingerprint density at radius 2 is 2.05 bits per heavy atom. The lowest BCUT2D eigenvalue weighted by Crippen LogP contribution is -2.23. The molecule has 0 saturated carbocycles. The van der Waals surface area contributed by atoms with Crippen molar-refractivity contribution in [2.24, 2.45) is 0 Å². The van der Waals surface area contributed by atoms with Crippen LogP contribution in [0.3, 0.4) is 0 Å². The zero-order chi connectivity index (χ0) is 14.0. The summed E-state index contributed by atoms with van der Waals surface area (Å²) in [6, 6.07) is 4.40. The molecule has 0 spiro atoms. The summed E-state index contributed by atoms with van der Waals surface area (Å²) in [7, 11) is 0. The molecular formula is C12H10Cl3N3O. The quantitative estimate of drug-likeness (QED) is 0.928. The fourth-order valence-electron chi connectivity index (χ4n) is 1.47. The summed E-state index contributed by atoms with van der Waals surface area (Å²) in [5.41, 5.74) is 0.574. The van der Waals surface area contributed by atoms with Crippen molar-refractivity contribution >= 4 is 46.4 Å². The minimum atomic E-state index is -0.484. The number of halogens is 3. The van der Waals surface area contributed by atoms with Crippen molar-refractivity contribution in [1.29, 1.82) is 0 Å². The monoisotopic (exact) mass is 317 g/mol. The van der Waals surface area contributed by atoms with Crippen LogP contribution in [0.1, 0.15) is 13.0 Å². The third kappa shape index (κ3) is 3.41. The first-order valence-electron chi connectivity index (χ1n) is 5.43. The molecule has 4 nitrogen and oxygen atoms in total. The zero-order valence-corrected chi connectivity index (χ0v) is 12.2. The van der Waals surface area contributed by atoms with Gasteiger partial charge in [-0.15, -0.1) is 0 Å². The molecule has 100 valence electrons. The first-order valence-corrected chi connectivity index (χ1v) is 6.56. The largest absolute Gasteiger partial charge is 0.324 e. The normalized spacial score (nSPS) is 12.2. The van der Waals surface area contributed by atoms with Gasteiger partial charge in [-0.3, -0.25) is 9.48 Å². The summed E-state index contributed by atoms with van der Waals surface area (Å²) in [5.74, 6) is -0.224. The van der Waals surface area contributed by atoms with Gasteiger partial charge in [-0.2, -0.15) is 5.10 Å². The van der Waals surface area contributed by atoms with Gasteiger partial charge in [-0.25, -0.2) is 0 Å². The van der Waals surface area contributed by atoms with E-state index in [1.54, 1.807) is 31.3 Å². The van der Waals surface area contributed by atoms with E-state index >= 15 is 0 Å². The van der Waals surface area contributed by atoms with Crippen LogP contribution >= 0.6 is 34.8 Å². The molecule has 0 saturated heterocycles. The number of hydrogen-bond acceptors (Lipinski definition) is 2. The number of anilines is 1. The maximum Gasteiger partial charge on any atom is 0.248 e. The van der Waals surface area contributed by atoms with Crippen LogP contribution in [-0.2, 0) is 4.79 Å². The number of nitrogens with zero attached hydrogens (tertiary/aromatic N) is 2. The Hall–Kier alpha value is -1.23. The predicted molar refractivity (Wildman–Crippen MR) is 77.0 cm³/mol. The molecule has 7 heteroatoms. The number of carbonyl (C=O) groups excluding carboxylic acids is 1. The van der Waals surface area contributed by atoms with Gasteiger partial charge in [-0.05, 0) is 25.1 Å². The van der Waals surface area contributed by atoms with Crippen LogP contribution in [0.25, 0.3) is 0 Å². The van der Waals surface area contributed by atoms with Crippen LogP contribution in [0.4, 0.5) is 5.69 Å². The topological polar surface area (TPSA) is 46.9 Å². The van der Waals surface area contributed by atoms with Gasteiger partial charge >= 0.3 is 0 Å². The van der Waals surface area contributed by atoms with Crippen LogP contribution in [0.5, 0.6) is 0 Å². The van der Waals surface area contributed by atoms with Gasteiger partial charge in [0.1, 0.15) is 6.04 Å². The minimum absolute atomic E-state index is 0.224. The molecule has 1 N–H and O–H groups in total. The van der Waals surface area contributed by atoms with Crippen molar-refractivity contribution in [3.05, 3.63) is 45.7 Å². The van der Waals surface area contributed by atoms with E-state index in [-0.39, 0.29) is 5.91 Å². The molecule has 0 bridgehead atoms. The second-order valence-electron chi connectivity index (χ2n) is 3.93. The van der Waals surface area contributed by atoms with Crippen molar-refractivity contribution in [3.8, 4) is 0 Å². The average Bonchev–Trinajstić information content (AvgIpc) is 2.79. The Morgan fingerprint density at radius 1 is 1.32 bits per heavy atom. The third-order valence-electron chi connectivity index (χ3n) is 2.53. The van der Waals surface area contributed by atoms with Crippen LogP contribution in [0.2, 0.25) is 15.1 Å². The van der Waals surface area contributed by atoms with Gasteiger partial charge in [0.2, 0.25) is 5.91 Å². The van der Waals surface area contributed by atoms with Crippen molar-refractivity contribution in [1.82, 2.24) is 9.78 Å². The molecule has 0 aliphatic heterocycles. The first-order chi connectivity index (χ1) is 8.97. The summed E-state index contributed by atoms with van der Waals surface area (Å²) < 4.78 is 1.48. The minimum Gasteiger partial charge on any atom is -0.324 e. The highest BCUT2D eigenvalue weighted by Gasteiger charge is 2.16. The van der Waals surface area contributed by atoms with Gasteiger partial charge < -0.3 is 5.32 Å². The lowest BCUT2D eigenvalue weighted by molar-refractivity contribution is -0.119. The number of rotatable bonds is 3. The lowest BCUT2D eigenvalue weighted by atomic mass is 10.2. The molecule has 1 atom stereocenters. The van der Waals surface area contributed by atoms with Crippen molar-refractivity contribution in [3.63, 3.8) is 0 Å². The summed E-state index contributed by atoms with van der Waals surface area (Å²) in [6.07, 6.45) is 3.06. The Labute approximate surface area is 125 Å². The van der Waals surface area contributed by atoms with Gasteiger partial charge in [0.25, 0.3) is 0 Å². The maximum atomic E-state index is 12.0. The lowest BCUT2D eigenvalue weighted by Gasteiger charge is -2.13. The summed E-state index contributed by atoms with van der Waals surface area (Å²) in [6.45, 7) is 1.72. The van der Waals surface area contributed by atoms with E-state index in [2.05, 4.69) is 10.4 Å². The van der Waals surface area contributed by atoms with E-state index in [0.717, 1.165) is 0 Å². The van der Waals surface area contributed by atoms with E-state index in [0.29, 0.717) is 20.8 Å². The Bertz CT molecular complexity index is 612. The second-order valence-corrected chi connectivity index (χ2v) is 5.18. The molecule has 1 amide bonds. The van der Waals surface area contributed by atoms with Crippen molar-refractivity contribution in [2.45, 2.75) is 13.0 Å². The Kier molecular flexibility index (Phi) is 4.34. The van der Waals surface area contributed by atoms with E-state index in [1.165, 1.54) is 10.9 Å². The predicted octanol–water partition coefficient (Wildman–Crippen LogP) is 4.04. The molecule has 0 radical (unpaired) electrons. The third-order valence-corrected chi connectivity index (χ3v) is 3.47. The van der Waals surface area contributed by atoms with Crippen LogP contribution in [0.15, 0.2) is 30.6 Å². The highest BCUT2D eigenvalue weighted by Crippen LogP contribution is 2.25. The Morgan fingerprint density at radius 3 is 2.63 bits per heavy atom. The van der Waals surface area contributed by atoms with E-state index in [1.807, 2.05) is 0 Å². The fraction of sp³-hybridized carbons (Fsp3) is 0.167. The van der Waals surface area contributed by atoms with Crippen molar-refractivity contribution in [2.75, 3.05) is 5.32 Å². The highest BCUT2D eigenvalue weighted by atomic mass is 35.5. The fourth-order valence-corrected chi connectivity index (χ4v) is 1.91. The standard InChI is InChI=1S/C12H10Cl3N3O/c1-7(18-6-8(13)5-16-18)12(19)17-9-2-3-10(14)11(15)4-9/h2-7H,1H3,(H,17,19). The smallest absolute Gasteiger partial charge is 0.248 e. The number of hydrogen-bond donors (Lipinski definition) is 1. The summed E-state index contributed by atoms with van der Waals surface area (Å²) >= 11 is 17.4. The first kappa shape index (κ1) is 14.2. The van der Waals surface area contributed by atoms with E-state index in [4.69, 9.17) is 34.8 Å². The zero-order valence-electron chi connectivity index (χ0n) is 9.90. The molecule has 1 aromatic heterocycles. The molecule has 2 rings (SSSR count).